The van der Waals surface area contributed by atoms with Crippen molar-refractivity contribution in [2.45, 2.75) is 142 Å². The summed E-state index contributed by atoms with van der Waals surface area (Å²) >= 11 is 2.89. The molecule has 2 fully saturated rings. The number of aliphatic hydroxyl groups excluding tert-OH is 1. The van der Waals surface area contributed by atoms with Crippen LogP contribution in [0.3, 0.4) is 0 Å². The number of sulfone groups is 1. The lowest BCUT2D eigenvalue weighted by molar-refractivity contribution is -0.145. The van der Waals surface area contributed by atoms with Crippen LogP contribution in [0.2, 0.25) is 0 Å². The predicted octanol–water partition coefficient (Wildman–Crippen LogP) is 6.87. The Bertz CT molecular complexity index is 2920. The number of halogens is 4. The van der Waals surface area contributed by atoms with Crippen molar-refractivity contribution in [2.24, 2.45) is 10.6 Å². The largest absolute Gasteiger partial charge is 0.501 e. The first kappa shape index (κ1) is 61.0. The summed E-state index contributed by atoms with van der Waals surface area (Å²) in [6.45, 7) is 8.31. The van der Waals surface area contributed by atoms with Crippen LogP contribution in [0.25, 0.3) is 10.4 Å². The van der Waals surface area contributed by atoms with Crippen molar-refractivity contribution < 1.29 is 58.7 Å². The zero-order valence-electron chi connectivity index (χ0n) is 43.6. The molecule has 1 aliphatic carbocycles. The zero-order valence-corrected chi connectivity index (χ0v) is 46.8. The molecule has 3 aromatic carbocycles. The summed E-state index contributed by atoms with van der Waals surface area (Å²) in [5.74, 6) is -2.15. The number of alkyl halides is 4. The standard InChI is InChI=1S/C52H68F4N8O9S4/c1-33-45(75-32-59-33)35-17-15-34(16-18-35)41(61-47(67)42-27-37(65)30-64(42)48(68)46(50(2,3)4)62-49(69)51(53)22-23-51)29-44(66)58-24-11-6-7-12-25-63(5)26-21-36(31-74-38-13-9-8-10-14-38)60-40-20-19-39(77(57,72)73)28-43(40)76(70,71)52(54,55)56/h8-10,13-20,28,32,36-37,41-42,46,60,65H,6-7,11-12,21-27,29-31H2,1-5H3,(H,58,66)(H,61,67)(H,62,69)(H2,57,72,73)/t36?,37-,41+,42+,46?/m1/s1. The molecule has 25 heteroatoms. The molecular formula is C52H68F4N8O9S4. The number of nitrogens with two attached hydrogens (primary N) is 1. The number of hydrogen-bond donors (Lipinski definition) is 6. The molecule has 2 heterocycles. The second-order valence-electron chi connectivity index (χ2n) is 20.8. The van der Waals surface area contributed by atoms with Gasteiger partial charge in [-0.1, -0.05) is 76.1 Å². The third-order valence-corrected chi connectivity index (χ3v) is 18.0. The summed E-state index contributed by atoms with van der Waals surface area (Å²) in [4.78, 5) is 62.1. The van der Waals surface area contributed by atoms with Gasteiger partial charge in [0.1, 0.15) is 17.0 Å². The Morgan fingerprint density at radius 3 is 2.23 bits per heavy atom. The average molecular weight is 1150 g/mol. The molecule has 1 saturated carbocycles. The number of amides is 4. The molecule has 0 radical (unpaired) electrons. The number of thioether (sulfide) groups is 1. The van der Waals surface area contributed by atoms with E-state index in [0.717, 1.165) is 52.4 Å². The fourth-order valence-corrected chi connectivity index (χ4v) is 12.2. The SMILES string of the molecule is Cc1ncsc1-c1ccc([C@H](CC(=O)NCCCCCCN(C)CCC(CSc2ccccc2)Nc2ccc(S(N)(=O)=O)cc2S(=O)(=O)C(F)(F)F)NC(=O)[C@@H]2C[C@@H](O)CN2C(=O)C(NC(=O)C2(F)CC2)C(C)(C)C)cc1. The highest BCUT2D eigenvalue weighted by Crippen LogP contribution is 2.41. The number of primary sulfonamides is 1. The number of aryl methyl sites for hydroxylation is 1. The van der Waals surface area contributed by atoms with Gasteiger partial charge in [-0.2, -0.15) is 13.2 Å². The van der Waals surface area contributed by atoms with E-state index in [1.807, 2.05) is 73.5 Å². The number of sulfonamides is 1. The van der Waals surface area contributed by atoms with E-state index in [-0.39, 0.29) is 38.1 Å². The minimum Gasteiger partial charge on any atom is -0.391 e. The molecule has 2 unspecified atom stereocenters. The van der Waals surface area contributed by atoms with E-state index in [9.17, 15) is 58.7 Å². The van der Waals surface area contributed by atoms with Crippen LogP contribution in [0.1, 0.15) is 95.9 Å². The Morgan fingerprint density at radius 2 is 1.62 bits per heavy atom. The van der Waals surface area contributed by atoms with Crippen LogP contribution in [-0.2, 0) is 39.0 Å². The number of likely N-dealkylation sites (tertiary alicyclic amines) is 1. The summed E-state index contributed by atoms with van der Waals surface area (Å²) in [6.07, 6.45) is 2.13. The second kappa shape index (κ2) is 25.7. The number of carbonyl (C=O) groups is 4. The van der Waals surface area contributed by atoms with Crippen LogP contribution >= 0.6 is 23.1 Å². The third-order valence-electron chi connectivity index (χ3n) is 13.5. The summed E-state index contributed by atoms with van der Waals surface area (Å²) in [6, 6.07) is 15.2. The topological polar surface area (TPSA) is 250 Å². The van der Waals surface area contributed by atoms with E-state index < -0.39 is 99.9 Å². The molecule has 1 saturated heterocycles. The number of carbonyl (C=O) groups excluding carboxylic acids is 4. The molecule has 1 aliphatic heterocycles. The van der Waals surface area contributed by atoms with Crippen LogP contribution in [0, 0.1) is 12.3 Å². The smallest absolute Gasteiger partial charge is 0.391 e. The highest BCUT2D eigenvalue weighted by molar-refractivity contribution is 7.99. The number of rotatable bonds is 26. The van der Waals surface area contributed by atoms with Gasteiger partial charge in [0.05, 0.1) is 45.2 Å². The molecule has 422 valence electrons. The van der Waals surface area contributed by atoms with Crippen molar-refractivity contribution >= 4 is 72.3 Å². The fraction of sp³-hybridized carbons (Fsp3) is 0.519. The lowest BCUT2D eigenvalue weighted by Gasteiger charge is -2.36. The summed E-state index contributed by atoms with van der Waals surface area (Å²) < 4.78 is 106. The summed E-state index contributed by atoms with van der Waals surface area (Å²) in [5.41, 5.74) is -4.93. The van der Waals surface area contributed by atoms with Crippen LogP contribution < -0.4 is 26.4 Å². The first-order chi connectivity index (χ1) is 36.1. The van der Waals surface area contributed by atoms with Gasteiger partial charge in [-0.25, -0.2) is 31.3 Å². The highest BCUT2D eigenvalue weighted by Gasteiger charge is 2.54. The van der Waals surface area contributed by atoms with E-state index in [1.54, 1.807) is 26.3 Å². The third kappa shape index (κ3) is 16.7. The molecule has 1 aromatic heterocycles. The molecule has 77 heavy (non-hydrogen) atoms. The Balaban J connectivity index is 1.03. The van der Waals surface area contributed by atoms with Crippen molar-refractivity contribution in [1.29, 1.82) is 0 Å². The minimum absolute atomic E-state index is 0.0513. The predicted molar refractivity (Wildman–Crippen MR) is 288 cm³/mol. The molecule has 4 amide bonds. The Labute approximate surface area is 455 Å². The molecular weight excluding hydrogens is 1080 g/mol. The van der Waals surface area contributed by atoms with Crippen LogP contribution in [-0.4, -0.2) is 135 Å². The number of anilines is 1. The summed E-state index contributed by atoms with van der Waals surface area (Å²) in [7, 11) is -8.64. The maximum Gasteiger partial charge on any atom is 0.501 e. The summed E-state index contributed by atoms with van der Waals surface area (Å²) in [5, 5.41) is 27.3. The van der Waals surface area contributed by atoms with E-state index in [2.05, 4.69) is 26.3 Å². The Morgan fingerprint density at radius 1 is 0.948 bits per heavy atom. The number of aliphatic hydroxyl groups is 1. The van der Waals surface area contributed by atoms with E-state index in [0.29, 0.717) is 49.9 Å². The molecule has 2 aliphatic rings. The monoisotopic (exact) mass is 1150 g/mol. The fourth-order valence-electron chi connectivity index (χ4n) is 8.79. The molecule has 0 spiro atoms. The van der Waals surface area contributed by atoms with Gasteiger partial charge >= 0.3 is 5.51 Å². The second-order valence-corrected chi connectivity index (χ2v) is 26.2. The van der Waals surface area contributed by atoms with Gasteiger partial charge in [0.15, 0.2) is 5.67 Å². The quantitative estimate of drug-likeness (QED) is 0.0214. The minimum atomic E-state index is -5.98. The average Bonchev–Trinajstić information content (AvgIpc) is 3.77. The maximum atomic E-state index is 14.8. The van der Waals surface area contributed by atoms with Crippen molar-refractivity contribution in [3.05, 3.63) is 89.6 Å². The van der Waals surface area contributed by atoms with Crippen molar-refractivity contribution in [3.63, 3.8) is 0 Å². The van der Waals surface area contributed by atoms with Crippen molar-refractivity contribution in [1.82, 2.24) is 30.7 Å². The van der Waals surface area contributed by atoms with E-state index >= 15 is 0 Å². The van der Waals surface area contributed by atoms with Crippen LogP contribution in [0.4, 0.5) is 23.2 Å². The molecule has 4 aromatic rings. The zero-order chi connectivity index (χ0) is 56.5. The van der Waals surface area contributed by atoms with E-state index in [1.165, 1.54) is 28.0 Å². The molecule has 6 rings (SSSR count). The van der Waals surface area contributed by atoms with Crippen LogP contribution in [0.15, 0.2) is 93.0 Å². The van der Waals surface area contributed by atoms with Gasteiger partial charge in [0, 0.05) is 36.2 Å². The number of β-amino-alcohol motifs (C(OH)–C–C–N with tert-alkyl or cyclic N) is 1. The Kier molecular flexibility index (Phi) is 20.4. The Hall–Kier alpha value is -5.18. The lowest BCUT2D eigenvalue weighted by atomic mass is 9.85. The molecule has 7 N–H and O–H groups in total. The van der Waals surface area contributed by atoms with Crippen molar-refractivity contribution in [3.8, 4) is 10.4 Å². The lowest BCUT2D eigenvalue weighted by Crippen LogP contribution is -2.59. The normalized spacial score (nSPS) is 17.8. The van der Waals surface area contributed by atoms with Crippen molar-refractivity contribution in [2.75, 3.05) is 44.3 Å². The van der Waals surface area contributed by atoms with Gasteiger partial charge in [-0.3, -0.25) is 19.2 Å². The van der Waals surface area contributed by atoms with Gasteiger partial charge in [0.25, 0.3) is 15.7 Å². The van der Waals surface area contributed by atoms with Gasteiger partial charge in [0.2, 0.25) is 27.7 Å². The first-order valence-corrected chi connectivity index (χ1v) is 30.1. The number of benzene rings is 3. The van der Waals surface area contributed by atoms with Gasteiger partial charge in [-0.15, -0.1) is 23.1 Å². The number of thiazole rings is 1. The van der Waals surface area contributed by atoms with Gasteiger partial charge in [-0.05, 0) is 106 Å². The first-order valence-electron chi connectivity index (χ1n) is 25.2. The number of aromatic nitrogens is 1. The number of nitrogens with zero attached hydrogens (tertiary/aromatic N) is 3. The molecule has 17 nitrogen and oxygen atoms in total. The number of hydrogen-bond acceptors (Lipinski definition) is 14. The van der Waals surface area contributed by atoms with E-state index in [4.69, 9.17) is 5.14 Å². The molecule has 5 atom stereocenters. The maximum absolute atomic E-state index is 14.8. The number of unbranched alkanes of at least 4 members (excludes halogenated alkanes) is 3. The van der Waals surface area contributed by atoms with Gasteiger partial charge < -0.3 is 36.2 Å². The van der Waals surface area contributed by atoms with Crippen LogP contribution in [0.5, 0.6) is 0 Å². The highest BCUT2D eigenvalue weighted by atomic mass is 32.2. The molecule has 0 bridgehead atoms. The number of nitrogens with one attached hydrogen (secondary N) is 4.